The van der Waals surface area contributed by atoms with E-state index in [9.17, 15) is 4.39 Å². The lowest BCUT2D eigenvalue weighted by molar-refractivity contribution is 0.632. The average Bonchev–Trinajstić information content (AvgIpc) is 2.40. The molecule has 0 saturated heterocycles. The van der Waals surface area contributed by atoms with Gasteiger partial charge in [-0.2, -0.15) is 0 Å². The van der Waals surface area contributed by atoms with Crippen molar-refractivity contribution < 1.29 is 4.39 Å². The quantitative estimate of drug-likeness (QED) is 0.771. The van der Waals surface area contributed by atoms with Crippen molar-refractivity contribution >= 4 is 40.3 Å². The second-order valence-corrected chi connectivity index (χ2v) is 5.24. The number of benzene rings is 2. The summed E-state index contributed by atoms with van der Waals surface area (Å²) in [6, 6.07) is 10.6. The zero-order chi connectivity index (χ0) is 14.7. The Hall–Kier alpha value is -1.65. The van der Waals surface area contributed by atoms with Gasteiger partial charge in [-0.1, -0.05) is 29.8 Å². The molecule has 0 aromatic heterocycles. The molecule has 0 aliphatic heterocycles. The molecule has 0 saturated carbocycles. The molecule has 0 atom stereocenters. The zero-order valence-corrected chi connectivity index (χ0v) is 12.7. The summed E-state index contributed by atoms with van der Waals surface area (Å²) >= 11 is 10.9. The smallest absolute Gasteiger partial charge is 0.175 e. The highest BCUT2D eigenvalue weighted by Gasteiger charge is 2.08. The molecule has 0 unspecified atom stereocenters. The summed E-state index contributed by atoms with van der Waals surface area (Å²) in [4.78, 5) is 0. The molecule has 0 radical (unpaired) electrons. The molecule has 20 heavy (non-hydrogen) atoms. The van der Waals surface area contributed by atoms with Crippen molar-refractivity contribution in [3.63, 3.8) is 0 Å². The van der Waals surface area contributed by atoms with Gasteiger partial charge in [0, 0.05) is 5.69 Å². The van der Waals surface area contributed by atoms with E-state index < -0.39 is 5.82 Å². The number of halogens is 2. The summed E-state index contributed by atoms with van der Waals surface area (Å²) in [5.41, 5.74) is 3.40. The molecular weight excluding hydrogens is 295 g/mol. The Morgan fingerprint density at radius 1 is 1.05 bits per heavy atom. The summed E-state index contributed by atoms with van der Waals surface area (Å²) < 4.78 is 13.8. The fraction of sp³-hybridized carbons (Fsp3) is 0.133. The predicted octanol–water partition coefficient (Wildman–Crippen LogP) is 4.90. The highest BCUT2D eigenvalue weighted by atomic mass is 35.5. The van der Waals surface area contributed by atoms with E-state index in [-0.39, 0.29) is 10.7 Å². The van der Waals surface area contributed by atoms with Gasteiger partial charge in [0.1, 0.15) is 0 Å². The second-order valence-electron chi connectivity index (χ2n) is 4.43. The Balaban J connectivity index is 2.13. The van der Waals surface area contributed by atoms with Crippen LogP contribution < -0.4 is 10.6 Å². The predicted molar refractivity (Wildman–Crippen MR) is 87.2 cm³/mol. The van der Waals surface area contributed by atoms with Crippen LogP contribution in [-0.2, 0) is 0 Å². The molecule has 0 fully saturated rings. The molecular formula is C15H14ClFN2S. The van der Waals surface area contributed by atoms with Crippen LogP contribution in [-0.4, -0.2) is 5.11 Å². The number of thiocarbonyl (C=S) groups is 1. The molecule has 5 heteroatoms. The molecule has 2 aromatic rings. The Labute approximate surface area is 128 Å². The third kappa shape index (κ3) is 3.26. The third-order valence-corrected chi connectivity index (χ3v) is 3.55. The van der Waals surface area contributed by atoms with Crippen LogP contribution in [0.5, 0.6) is 0 Å². The van der Waals surface area contributed by atoms with Crippen molar-refractivity contribution in [1.29, 1.82) is 0 Å². The van der Waals surface area contributed by atoms with Crippen molar-refractivity contribution in [2.24, 2.45) is 0 Å². The van der Waals surface area contributed by atoms with Gasteiger partial charge in [-0.25, -0.2) is 4.39 Å². The van der Waals surface area contributed by atoms with E-state index in [1.54, 1.807) is 12.1 Å². The number of rotatable bonds is 2. The van der Waals surface area contributed by atoms with Gasteiger partial charge < -0.3 is 10.6 Å². The van der Waals surface area contributed by atoms with E-state index >= 15 is 0 Å². The molecule has 0 amide bonds. The van der Waals surface area contributed by atoms with Gasteiger partial charge in [0.15, 0.2) is 10.9 Å². The lowest BCUT2D eigenvalue weighted by Crippen LogP contribution is -2.20. The first-order valence-corrected chi connectivity index (χ1v) is 6.86. The normalized spacial score (nSPS) is 10.2. The minimum Gasteiger partial charge on any atom is -0.332 e. The highest BCUT2D eigenvalue weighted by Crippen LogP contribution is 2.23. The fourth-order valence-electron chi connectivity index (χ4n) is 1.76. The molecule has 0 heterocycles. The Morgan fingerprint density at radius 3 is 2.40 bits per heavy atom. The molecule has 2 nitrogen and oxygen atoms in total. The lowest BCUT2D eigenvalue weighted by Gasteiger charge is -2.14. The van der Waals surface area contributed by atoms with Crippen molar-refractivity contribution in [3.8, 4) is 0 Å². The first-order chi connectivity index (χ1) is 9.49. The third-order valence-electron chi connectivity index (χ3n) is 3.05. The summed E-state index contributed by atoms with van der Waals surface area (Å²) in [6.07, 6.45) is 0. The molecule has 0 aliphatic carbocycles. The largest absolute Gasteiger partial charge is 0.332 e. The Bertz CT molecular complexity index is 603. The Kier molecular flexibility index (Phi) is 4.57. The molecule has 2 aromatic carbocycles. The minimum absolute atomic E-state index is 0.0598. The SMILES string of the molecule is Cc1cccc(NC(=S)Nc2cccc(Cl)c2F)c1C. The number of hydrogen-bond acceptors (Lipinski definition) is 1. The summed E-state index contributed by atoms with van der Waals surface area (Å²) in [6.45, 7) is 4.02. The zero-order valence-electron chi connectivity index (χ0n) is 11.1. The van der Waals surface area contributed by atoms with E-state index in [0.717, 1.165) is 16.8 Å². The van der Waals surface area contributed by atoms with E-state index in [1.165, 1.54) is 6.07 Å². The maximum Gasteiger partial charge on any atom is 0.175 e. The average molecular weight is 309 g/mol. The van der Waals surface area contributed by atoms with Crippen LogP contribution in [0.3, 0.4) is 0 Å². The highest BCUT2D eigenvalue weighted by molar-refractivity contribution is 7.80. The maximum atomic E-state index is 13.8. The van der Waals surface area contributed by atoms with Crippen molar-refractivity contribution in [3.05, 3.63) is 58.4 Å². The molecule has 0 bridgehead atoms. The fourth-order valence-corrected chi connectivity index (χ4v) is 2.16. The van der Waals surface area contributed by atoms with Crippen LogP contribution in [0.2, 0.25) is 5.02 Å². The number of nitrogens with one attached hydrogen (secondary N) is 2. The van der Waals surface area contributed by atoms with Crippen molar-refractivity contribution in [2.75, 3.05) is 10.6 Å². The van der Waals surface area contributed by atoms with Crippen LogP contribution in [0.25, 0.3) is 0 Å². The molecule has 104 valence electrons. The number of hydrogen-bond donors (Lipinski definition) is 2. The van der Waals surface area contributed by atoms with Crippen LogP contribution >= 0.6 is 23.8 Å². The van der Waals surface area contributed by atoms with E-state index in [4.69, 9.17) is 23.8 Å². The van der Waals surface area contributed by atoms with Gasteiger partial charge in [0.2, 0.25) is 0 Å². The number of anilines is 2. The standard InChI is InChI=1S/C15H14ClFN2S/c1-9-5-3-7-12(10(9)2)18-15(20)19-13-8-4-6-11(16)14(13)17/h3-8H,1-2H3,(H2,18,19,20). The van der Waals surface area contributed by atoms with Gasteiger partial charge in [-0.05, 0) is 55.4 Å². The van der Waals surface area contributed by atoms with Gasteiger partial charge in [0.05, 0.1) is 10.7 Å². The maximum absolute atomic E-state index is 13.8. The second kappa shape index (κ2) is 6.20. The topological polar surface area (TPSA) is 24.1 Å². The monoisotopic (exact) mass is 308 g/mol. The minimum atomic E-state index is -0.515. The molecule has 2 N–H and O–H groups in total. The summed E-state index contributed by atoms with van der Waals surface area (Å²) in [5.74, 6) is -0.515. The van der Waals surface area contributed by atoms with Crippen LogP contribution in [0, 0.1) is 19.7 Å². The summed E-state index contributed by atoms with van der Waals surface area (Å²) in [7, 11) is 0. The molecule has 2 rings (SSSR count). The lowest BCUT2D eigenvalue weighted by atomic mass is 10.1. The molecule has 0 aliphatic rings. The first kappa shape index (κ1) is 14.8. The Morgan fingerprint density at radius 2 is 1.65 bits per heavy atom. The van der Waals surface area contributed by atoms with Crippen molar-refractivity contribution in [2.45, 2.75) is 13.8 Å². The van der Waals surface area contributed by atoms with Gasteiger partial charge in [0.25, 0.3) is 0 Å². The van der Waals surface area contributed by atoms with Gasteiger partial charge in [-0.15, -0.1) is 0 Å². The van der Waals surface area contributed by atoms with Gasteiger partial charge >= 0.3 is 0 Å². The summed E-state index contributed by atoms with van der Waals surface area (Å²) in [5, 5.41) is 6.24. The van der Waals surface area contributed by atoms with Gasteiger partial charge in [-0.3, -0.25) is 0 Å². The van der Waals surface area contributed by atoms with Crippen LogP contribution in [0.1, 0.15) is 11.1 Å². The molecule has 0 spiro atoms. The van der Waals surface area contributed by atoms with E-state index in [2.05, 4.69) is 10.6 Å². The first-order valence-electron chi connectivity index (χ1n) is 6.07. The number of aryl methyl sites for hydroxylation is 1. The van der Waals surface area contributed by atoms with Crippen molar-refractivity contribution in [1.82, 2.24) is 0 Å². The van der Waals surface area contributed by atoms with E-state index in [1.807, 2.05) is 32.0 Å². The van der Waals surface area contributed by atoms with Crippen LogP contribution in [0.4, 0.5) is 15.8 Å². The van der Waals surface area contributed by atoms with E-state index in [0.29, 0.717) is 5.11 Å². The van der Waals surface area contributed by atoms with Crippen LogP contribution in [0.15, 0.2) is 36.4 Å².